The zero-order chi connectivity index (χ0) is 13.2. The molecule has 0 fully saturated rings. The topological polar surface area (TPSA) is 33.6 Å². The summed E-state index contributed by atoms with van der Waals surface area (Å²) in [6.07, 6.45) is 0. The predicted molar refractivity (Wildman–Crippen MR) is 84.0 cm³/mol. The van der Waals surface area contributed by atoms with Gasteiger partial charge in [-0.2, -0.15) is 5.10 Å². The van der Waals surface area contributed by atoms with Gasteiger partial charge in [0.15, 0.2) is 10.6 Å². The first-order chi connectivity index (χ1) is 9.24. The molecule has 0 saturated carbocycles. The van der Waals surface area contributed by atoms with Crippen molar-refractivity contribution in [2.45, 2.75) is 6.54 Å². The summed E-state index contributed by atoms with van der Waals surface area (Å²) in [4.78, 5) is 1.24. The maximum Gasteiger partial charge on any atom is 0.195 e. The van der Waals surface area contributed by atoms with Crippen molar-refractivity contribution in [2.75, 3.05) is 0 Å². The minimum atomic E-state index is 0.642. The van der Waals surface area contributed by atoms with Gasteiger partial charge in [0.2, 0.25) is 0 Å². The van der Waals surface area contributed by atoms with E-state index in [-0.39, 0.29) is 0 Å². The second kappa shape index (κ2) is 5.40. The van der Waals surface area contributed by atoms with Crippen LogP contribution < -0.4 is 0 Å². The van der Waals surface area contributed by atoms with Gasteiger partial charge in [0.05, 0.1) is 6.54 Å². The van der Waals surface area contributed by atoms with E-state index in [4.69, 9.17) is 12.2 Å². The number of aromatic amines is 1. The molecule has 2 heterocycles. The van der Waals surface area contributed by atoms with E-state index in [1.54, 1.807) is 11.3 Å². The first-order valence-corrected chi connectivity index (χ1v) is 7.75. The number of hydrogen-bond donors (Lipinski definition) is 1. The molecule has 0 bridgehead atoms. The molecule has 0 aliphatic carbocycles. The molecular weight excluding hydrogens is 342 g/mol. The molecule has 0 saturated heterocycles. The lowest BCUT2D eigenvalue weighted by Crippen LogP contribution is -2.00. The number of nitrogens with zero attached hydrogens (tertiary/aromatic N) is 2. The third-order valence-electron chi connectivity index (χ3n) is 2.73. The average molecular weight is 352 g/mol. The molecule has 0 atom stereocenters. The normalized spacial score (nSPS) is 10.8. The van der Waals surface area contributed by atoms with Crippen molar-refractivity contribution in [1.29, 1.82) is 0 Å². The Hall–Kier alpha value is -1.24. The molecular formula is C13H10BrN3S2. The van der Waals surface area contributed by atoms with Crippen LogP contribution >= 0.6 is 39.5 Å². The van der Waals surface area contributed by atoms with Crippen LogP contribution in [0, 0.1) is 4.77 Å². The fourth-order valence-corrected chi connectivity index (χ4v) is 3.50. The van der Waals surface area contributed by atoms with Crippen molar-refractivity contribution in [1.82, 2.24) is 14.8 Å². The van der Waals surface area contributed by atoms with Gasteiger partial charge < -0.3 is 0 Å². The maximum atomic E-state index is 5.32. The highest BCUT2D eigenvalue weighted by Gasteiger charge is 2.09. The van der Waals surface area contributed by atoms with Crippen LogP contribution in [0.2, 0.25) is 0 Å². The summed E-state index contributed by atoms with van der Waals surface area (Å²) in [6, 6.07) is 12.2. The molecule has 0 amide bonds. The Bertz CT molecular complexity index is 743. The summed E-state index contributed by atoms with van der Waals surface area (Å²) in [7, 11) is 0. The summed E-state index contributed by atoms with van der Waals surface area (Å²) in [5.41, 5.74) is 1.06. The van der Waals surface area contributed by atoms with Crippen molar-refractivity contribution >= 4 is 39.5 Å². The molecule has 2 aromatic heterocycles. The van der Waals surface area contributed by atoms with Gasteiger partial charge in [-0.25, -0.2) is 0 Å². The van der Waals surface area contributed by atoms with Crippen LogP contribution in [0.4, 0.5) is 0 Å². The lowest BCUT2D eigenvalue weighted by molar-refractivity contribution is 0.802. The third-order valence-corrected chi connectivity index (χ3v) is 4.72. The first-order valence-electron chi connectivity index (χ1n) is 5.67. The van der Waals surface area contributed by atoms with Gasteiger partial charge in [-0.05, 0) is 34.2 Å². The van der Waals surface area contributed by atoms with Crippen molar-refractivity contribution in [3.63, 3.8) is 0 Å². The molecule has 19 heavy (non-hydrogen) atoms. The van der Waals surface area contributed by atoms with E-state index in [9.17, 15) is 0 Å². The van der Waals surface area contributed by atoms with Crippen LogP contribution in [-0.4, -0.2) is 14.8 Å². The molecule has 3 rings (SSSR count). The van der Waals surface area contributed by atoms with Gasteiger partial charge in [0.25, 0.3) is 0 Å². The Morgan fingerprint density at radius 1 is 1.32 bits per heavy atom. The van der Waals surface area contributed by atoms with Gasteiger partial charge in [0.1, 0.15) is 0 Å². The lowest BCUT2D eigenvalue weighted by Gasteiger charge is -2.05. The summed E-state index contributed by atoms with van der Waals surface area (Å²) in [5.74, 6) is 0.870. The molecule has 6 heteroatoms. The highest BCUT2D eigenvalue weighted by Crippen LogP contribution is 2.23. The molecule has 0 aliphatic heterocycles. The second-order valence-corrected chi connectivity index (χ2v) is 6.33. The van der Waals surface area contributed by atoms with E-state index in [2.05, 4.69) is 37.6 Å². The molecule has 0 radical (unpaired) electrons. The second-order valence-electron chi connectivity index (χ2n) is 4.04. The van der Waals surface area contributed by atoms with E-state index < -0.39 is 0 Å². The van der Waals surface area contributed by atoms with Crippen LogP contribution in [-0.2, 0) is 6.54 Å². The minimum Gasteiger partial charge on any atom is -0.295 e. The average Bonchev–Trinajstić information content (AvgIpc) is 2.99. The largest absolute Gasteiger partial charge is 0.295 e. The van der Waals surface area contributed by atoms with Crippen LogP contribution in [0.15, 0.2) is 46.3 Å². The third kappa shape index (κ3) is 2.70. The van der Waals surface area contributed by atoms with Crippen LogP contribution in [0.3, 0.4) is 0 Å². The standard InChI is InChI=1S/C13H10BrN3S2/c14-10-6-11(19-8-10)7-17-12(15-16-13(17)18)9-4-2-1-3-5-9/h1-6,8H,7H2,(H,16,18). The van der Waals surface area contributed by atoms with Gasteiger partial charge >= 0.3 is 0 Å². The number of thiophene rings is 1. The van der Waals surface area contributed by atoms with Crippen molar-refractivity contribution < 1.29 is 0 Å². The monoisotopic (exact) mass is 351 g/mol. The van der Waals surface area contributed by atoms with E-state index in [1.165, 1.54) is 4.88 Å². The molecule has 1 aromatic carbocycles. The number of hydrogen-bond acceptors (Lipinski definition) is 3. The molecule has 96 valence electrons. The van der Waals surface area contributed by atoms with E-state index in [0.717, 1.165) is 22.4 Å². The quantitative estimate of drug-likeness (QED) is 0.705. The van der Waals surface area contributed by atoms with Gasteiger partial charge in [-0.3, -0.25) is 9.67 Å². The number of aromatic nitrogens is 3. The smallest absolute Gasteiger partial charge is 0.195 e. The highest BCUT2D eigenvalue weighted by molar-refractivity contribution is 9.10. The van der Waals surface area contributed by atoms with Gasteiger partial charge in [-0.1, -0.05) is 30.3 Å². The Morgan fingerprint density at radius 2 is 2.11 bits per heavy atom. The Morgan fingerprint density at radius 3 is 2.79 bits per heavy atom. The fraction of sp³-hybridized carbons (Fsp3) is 0.0769. The number of nitrogens with one attached hydrogen (secondary N) is 1. The lowest BCUT2D eigenvalue weighted by atomic mass is 10.2. The molecule has 0 unspecified atom stereocenters. The van der Waals surface area contributed by atoms with Crippen LogP contribution in [0.25, 0.3) is 11.4 Å². The fourth-order valence-electron chi connectivity index (χ4n) is 1.86. The minimum absolute atomic E-state index is 0.642. The van der Waals surface area contributed by atoms with Crippen molar-refractivity contribution in [2.24, 2.45) is 0 Å². The number of H-pyrrole nitrogens is 1. The zero-order valence-corrected chi connectivity index (χ0v) is 13.1. The summed E-state index contributed by atoms with van der Waals surface area (Å²) in [6.45, 7) is 0.732. The Kier molecular flexibility index (Phi) is 3.63. The maximum absolute atomic E-state index is 5.32. The Labute approximate surface area is 128 Å². The van der Waals surface area contributed by atoms with Crippen LogP contribution in [0.5, 0.6) is 0 Å². The van der Waals surface area contributed by atoms with Crippen molar-refractivity contribution in [3.8, 4) is 11.4 Å². The van der Waals surface area contributed by atoms with E-state index >= 15 is 0 Å². The van der Waals surface area contributed by atoms with Gasteiger partial charge in [-0.15, -0.1) is 11.3 Å². The zero-order valence-electron chi connectivity index (χ0n) is 9.84. The summed E-state index contributed by atoms with van der Waals surface area (Å²) >= 11 is 10.5. The van der Waals surface area contributed by atoms with E-state index in [1.807, 2.05) is 34.9 Å². The molecule has 0 spiro atoms. The van der Waals surface area contributed by atoms with E-state index in [0.29, 0.717) is 4.77 Å². The first kappa shape index (κ1) is 12.8. The predicted octanol–water partition coefficient (Wildman–Crippen LogP) is 4.48. The molecule has 0 aliphatic rings. The van der Waals surface area contributed by atoms with Gasteiger partial charge in [0, 0.05) is 20.3 Å². The highest BCUT2D eigenvalue weighted by atomic mass is 79.9. The van der Waals surface area contributed by atoms with Crippen molar-refractivity contribution in [3.05, 3.63) is 55.9 Å². The number of halogens is 1. The molecule has 1 N–H and O–H groups in total. The number of rotatable bonds is 3. The summed E-state index contributed by atoms with van der Waals surface area (Å²) < 4.78 is 3.76. The molecule has 3 aromatic rings. The summed E-state index contributed by atoms with van der Waals surface area (Å²) in [5, 5.41) is 9.27. The SMILES string of the molecule is S=c1[nH]nc(-c2ccccc2)n1Cc1cc(Br)cs1. The van der Waals surface area contributed by atoms with Crippen LogP contribution in [0.1, 0.15) is 4.88 Å². The number of benzene rings is 1. The molecule has 3 nitrogen and oxygen atoms in total. The Balaban J connectivity index is 2.02.